The van der Waals surface area contributed by atoms with Gasteiger partial charge in [0.25, 0.3) is 11.1 Å². The summed E-state index contributed by atoms with van der Waals surface area (Å²) in [6.07, 6.45) is 9.85. The molecule has 0 radical (unpaired) electrons. The number of hydrogen-bond acceptors (Lipinski definition) is 4. The van der Waals surface area contributed by atoms with Crippen molar-refractivity contribution in [3.05, 3.63) is 72.3 Å². The third-order valence-electron chi connectivity index (χ3n) is 3.40. The maximum Gasteiger partial charge on any atom is 0.272 e. The van der Waals surface area contributed by atoms with Crippen LogP contribution in [0.5, 0.6) is 0 Å². The number of aromatic amines is 3. The quantitative estimate of drug-likeness (QED) is 0.489. The van der Waals surface area contributed by atoms with Crippen LogP contribution in [0.15, 0.2) is 39.0 Å². The van der Waals surface area contributed by atoms with Gasteiger partial charge in [0.1, 0.15) is 10.7 Å². The smallest absolute Gasteiger partial charge is 0.272 e. The second-order valence-corrected chi connectivity index (χ2v) is 7.36. The van der Waals surface area contributed by atoms with E-state index in [1.807, 2.05) is 27.7 Å². The van der Waals surface area contributed by atoms with E-state index in [4.69, 9.17) is 0 Å². The molecule has 0 aliphatic carbocycles. The van der Waals surface area contributed by atoms with Gasteiger partial charge in [-0.2, -0.15) is 0 Å². The Labute approximate surface area is 150 Å². The number of allylic oxidation sites excluding steroid dienone is 4. The highest BCUT2D eigenvalue weighted by Crippen LogP contribution is 2.22. The molecule has 2 aromatic heterocycles. The fraction of sp³-hybridized carbons (Fsp3) is 0.278. The second kappa shape index (κ2) is 7.57. The first-order valence-corrected chi connectivity index (χ1v) is 8.25. The van der Waals surface area contributed by atoms with Crippen LogP contribution in [0.2, 0.25) is 0 Å². The van der Waals surface area contributed by atoms with Crippen molar-refractivity contribution >= 4 is 24.8 Å². The third-order valence-corrected chi connectivity index (χ3v) is 3.55. The summed E-state index contributed by atoms with van der Waals surface area (Å²) in [5.74, 6) is 0. The Hall–Kier alpha value is -2.54. The molecule has 0 fully saturated rings. The predicted molar refractivity (Wildman–Crippen MR) is 104 cm³/mol. The summed E-state index contributed by atoms with van der Waals surface area (Å²) in [5, 5.41) is 0.344. The van der Waals surface area contributed by atoms with Crippen LogP contribution in [0.25, 0.3) is 12.2 Å². The number of nitrogens with one attached hydrogen (secondary N) is 3. The molecule has 6 nitrogen and oxygen atoms in total. The van der Waals surface area contributed by atoms with E-state index in [2.05, 4.69) is 32.6 Å². The Kier molecular flexibility index (Phi) is 5.69. The van der Waals surface area contributed by atoms with Crippen molar-refractivity contribution in [2.24, 2.45) is 0 Å². The van der Waals surface area contributed by atoms with Crippen molar-refractivity contribution in [1.82, 2.24) is 19.9 Å². The molecule has 0 unspecified atom stereocenters. The molecule has 0 aliphatic rings. The van der Waals surface area contributed by atoms with E-state index < -0.39 is 0 Å². The molecule has 0 bridgehead atoms. The van der Waals surface area contributed by atoms with Gasteiger partial charge >= 0.3 is 0 Å². The highest BCUT2D eigenvalue weighted by atomic mass is 32.1. The van der Waals surface area contributed by atoms with Gasteiger partial charge in [0, 0.05) is 11.1 Å². The third kappa shape index (κ3) is 4.96. The van der Waals surface area contributed by atoms with Gasteiger partial charge < -0.3 is 15.0 Å². The maximum atomic E-state index is 12.3. The fourth-order valence-corrected chi connectivity index (χ4v) is 2.30. The molecule has 0 aliphatic heterocycles. The zero-order valence-corrected chi connectivity index (χ0v) is 15.6. The maximum absolute atomic E-state index is 12.3. The summed E-state index contributed by atoms with van der Waals surface area (Å²) in [6, 6.07) is 0. The molecule has 0 spiro atoms. The molecule has 0 amide bonds. The molecule has 3 N–H and O–H groups in total. The minimum absolute atomic E-state index is 0.160. The summed E-state index contributed by atoms with van der Waals surface area (Å²) in [7, 11) is 0. The molecule has 2 heterocycles. The van der Waals surface area contributed by atoms with E-state index >= 15 is 0 Å². The minimum Gasteiger partial charge on any atom is -0.348 e. The molecule has 25 heavy (non-hydrogen) atoms. The molecule has 0 saturated heterocycles. The van der Waals surface area contributed by atoms with Gasteiger partial charge in [0.15, 0.2) is 0 Å². The van der Waals surface area contributed by atoms with Gasteiger partial charge in [0.2, 0.25) is 0 Å². The Morgan fingerprint density at radius 1 is 1.12 bits per heavy atom. The van der Waals surface area contributed by atoms with Crippen LogP contribution in [-0.4, -0.2) is 19.9 Å². The molecular weight excluding hydrogens is 336 g/mol. The van der Waals surface area contributed by atoms with Crippen LogP contribution in [0.4, 0.5) is 0 Å². The molecule has 2 rings (SSSR count). The van der Waals surface area contributed by atoms with Gasteiger partial charge in [-0.25, -0.2) is 4.98 Å². The average Bonchev–Trinajstić information content (AvgIpc) is 2.96. The Bertz CT molecular complexity index is 1040. The molecule has 2 aromatic rings. The molecule has 0 saturated carbocycles. The standard InChI is InChI=1S/C18H22N4O2S/c1-11(25)7-5-6-8-12-16(23)22-14(17(24)21-12)9-13-15(18(2,3)4)20-10-19-13/h5-10,25H,1-4H3,(H,19,20)(H,21,24)(H,22,23)/b6-5+,11-7-,12-8-,14-9-. The van der Waals surface area contributed by atoms with Crippen LogP contribution < -0.4 is 21.8 Å². The summed E-state index contributed by atoms with van der Waals surface area (Å²) in [4.78, 5) is 37.8. The van der Waals surface area contributed by atoms with E-state index in [1.54, 1.807) is 30.6 Å². The lowest BCUT2D eigenvalue weighted by Crippen LogP contribution is -2.46. The molecule has 0 aromatic carbocycles. The molecule has 132 valence electrons. The van der Waals surface area contributed by atoms with Crippen LogP contribution in [0, 0.1) is 0 Å². The minimum atomic E-state index is -0.386. The molecule has 7 heteroatoms. The lowest BCUT2D eigenvalue weighted by Gasteiger charge is -2.16. The second-order valence-electron chi connectivity index (χ2n) is 6.65. The predicted octanol–water partition coefficient (Wildman–Crippen LogP) is 1.08. The van der Waals surface area contributed by atoms with E-state index in [-0.39, 0.29) is 27.2 Å². The van der Waals surface area contributed by atoms with Gasteiger partial charge in [-0.15, -0.1) is 12.6 Å². The zero-order chi connectivity index (χ0) is 18.6. The number of nitrogens with zero attached hydrogens (tertiary/aromatic N) is 1. The van der Waals surface area contributed by atoms with Crippen molar-refractivity contribution in [3.63, 3.8) is 0 Å². The highest BCUT2D eigenvalue weighted by Gasteiger charge is 2.19. The summed E-state index contributed by atoms with van der Waals surface area (Å²) in [6.45, 7) is 7.95. The van der Waals surface area contributed by atoms with Crippen molar-refractivity contribution in [2.75, 3.05) is 0 Å². The number of imidazole rings is 1. The first-order valence-electron chi connectivity index (χ1n) is 7.81. The summed E-state index contributed by atoms with van der Waals surface area (Å²) >= 11 is 4.14. The van der Waals surface area contributed by atoms with Gasteiger partial charge in [-0.1, -0.05) is 39.0 Å². The summed E-state index contributed by atoms with van der Waals surface area (Å²) < 4.78 is 0. The van der Waals surface area contributed by atoms with Gasteiger partial charge in [-0.05, 0) is 24.0 Å². The van der Waals surface area contributed by atoms with Crippen molar-refractivity contribution in [1.29, 1.82) is 0 Å². The molecular formula is C18H22N4O2S. The molecule has 0 atom stereocenters. The van der Waals surface area contributed by atoms with E-state index in [1.165, 1.54) is 6.08 Å². The number of H-pyrrole nitrogens is 3. The van der Waals surface area contributed by atoms with Gasteiger partial charge in [-0.3, -0.25) is 9.59 Å². The first-order chi connectivity index (χ1) is 11.7. The zero-order valence-electron chi connectivity index (χ0n) is 14.7. The van der Waals surface area contributed by atoms with Crippen molar-refractivity contribution in [3.8, 4) is 0 Å². The monoisotopic (exact) mass is 358 g/mol. The fourth-order valence-electron chi connectivity index (χ4n) is 2.21. The van der Waals surface area contributed by atoms with E-state index in [9.17, 15) is 9.59 Å². The number of aromatic nitrogens is 4. The SMILES string of the molecule is C/C(S)=C/C=C/C=c1\[nH]c(=O)/c(=C/c2nc[nH]c2C(C)(C)C)[nH]c1=O. The average molecular weight is 358 g/mol. The Morgan fingerprint density at radius 3 is 2.40 bits per heavy atom. The largest absolute Gasteiger partial charge is 0.348 e. The lowest BCUT2D eigenvalue weighted by atomic mass is 9.90. The van der Waals surface area contributed by atoms with Crippen molar-refractivity contribution in [2.45, 2.75) is 33.1 Å². The topological polar surface area (TPSA) is 94.4 Å². The number of hydrogen-bond donors (Lipinski definition) is 4. The van der Waals surface area contributed by atoms with Crippen LogP contribution in [0.1, 0.15) is 39.1 Å². The summed E-state index contributed by atoms with van der Waals surface area (Å²) in [5.41, 5.74) is 0.588. The van der Waals surface area contributed by atoms with Crippen molar-refractivity contribution < 1.29 is 0 Å². The van der Waals surface area contributed by atoms with Crippen LogP contribution >= 0.6 is 12.6 Å². The normalized spacial score (nSPS) is 14.7. The van der Waals surface area contributed by atoms with Gasteiger partial charge in [0.05, 0.1) is 12.0 Å². The lowest BCUT2D eigenvalue weighted by molar-refractivity contribution is 0.571. The highest BCUT2D eigenvalue weighted by molar-refractivity contribution is 7.84. The first kappa shape index (κ1) is 18.8. The number of thiol groups is 1. The number of rotatable bonds is 3. The Morgan fingerprint density at radius 2 is 1.76 bits per heavy atom. The van der Waals surface area contributed by atoms with Crippen LogP contribution in [-0.2, 0) is 5.41 Å². The van der Waals surface area contributed by atoms with Crippen LogP contribution in [0.3, 0.4) is 0 Å². The van der Waals surface area contributed by atoms with E-state index in [0.717, 1.165) is 10.6 Å². The van der Waals surface area contributed by atoms with E-state index in [0.29, 0.717) is 5.69 Å². The Balaban J connectivity index is 2.52.